The van der Waals surface area contributed by atoms with E-state index in [-0.39, 0.29) is 14.9 Å². The smallest absolute Gasteiger partial charge is 0.242 e. The normalized spacial score (nSPS) is 12.4. The number of halogens is 2. The van der Waals surface area contributed by atoms with Crippen LogP contribution in [0.3, 0.4) is 0 Å². The molecule has 6 nitrogen and oxygen atoms in total. The summed E-state index contributed by atoms with van der Waals surface area (Å²) in [5.74, 6) is 0.765. The van der Waals surface area contributed by atoms with E-state index in [0.29, 0.717) is 23.6 Å². The molecule has 0 saturated heterocycles. The fourth-order valence-corrected chi connectivity index (χ4v) is 4.78. The van der Waals surface area contributed by atoms with Crippen LogP contribution in [0.5, 0.6) is 5.75 Å². The molecule has 0 aliphatic heterocycles. The molecule has 2 aromatic rings. The van der Waals surface area contributed by atoms with Gasteiger partial charge in [0.1, 0.15) is 16.7 Å². The molecule has 0 saturated carbocycles. The predicted octanol–water partition coefficient (Wildman–Crippen LogP) is 4.04. The Kier molecular flexibility index (Phi) is 8.45. The van der Waals surface area contributed by atoms with Crippen molar-refractivity contribution in [3.8, 4) is 5.75 Å². The molecule has 0 fully saturated rings. The van der Waals surface area contributed by atoms with Gasteiger partial charge < -0.3 is 10.1 Å². The van der Waals surface area contributed by atoms with Crippen molar-refractivity contribution in [1.82, 2.24) is 4.72 Å². The van der Waals surface area contributed by atoms with Gasteiger partial charge in [-0.1, -0.05) is 23.2 Å². The fraction of sp³-hybridized carbons (Fsp3) is 0.278. The van der Waals surface area contributed by atoms with Crippen LogP contribution >= 0.6 is 35.0 Å². The summed E-state index contributed by atoms with van der Waals surface area (Å²) in [5.41, 5.74) is 0.528. The number of nitrogens with one attached hydrogen (secondary N) is 2. The Bertz CT molecular complexity index is 922. The first-order valence-corrected chi connectivity index (χ1v) is 11.8. The van der Waals surface area contributed by atoms with Crippen molar-refractivity contribution < 1.29 is 17.9 Å². The number of benzene rings is 2. The molecule has 1 atom stereocenters. The number of thioether (sulfide) groups is 1. The number of hydrogen-bond acceptors (Lipinski definition) is 5. The minimum Gasteiger partial charge on any atom is -0.497 e. The number of methoxy groups -OCH3 is 1. The maximum absolute atomic E-state index is 12.8. The lowest BCUT2D eigenvalue weighted by Crippen LogP contribution is -2.44. The molecular formula is C18H20Cl2N2O4S2. The Hall–Kier alpha value is -1.45. The third-order valence-electron chi connectivity index (χ3n) is 3.76. The summed E-state index contributed by atoms with van der Waals surface area (Å²) in [6.07, 6.45) is 2.18. The zero-order valence-electron chi connectivity index (χ0n) is 15.2. The molecule has 28 heavy (non-hydrogen) atoms. The Balaban J connectivity index is 2.21. The third-order valence-corrected chi connectivity index (χ3v) is 6.60. The van der Waals surface area contributed by atoms with E-state index in [4.69, 9.17) is 27.9 Å². The Labute approximate surface area is 179 Å². The number of anilines is 1. The summed E-state index contributed by atoms with van der Waals surface area (Å²) in [4.78, 5) is 12.5. The van der Waals surface area contributed by atoms with Crippen molar-refractivity contribution in [2.24, 2.45) is 0 Å². The van der Waals surface area contributed by atoms with Crippen molar-refractivity contribution in [1.29, 1.82) is 0 Å². The second-order valence-corrected chi connectivity index (χ2v) is 9.26. The van der Waals surface area contributed by atoms with Crippen LogP contribution in [-0.2, 0) is 14.8 Å². The van der Waals surface area contributed by atoms with Gasteiger partial charge in [0.25, 0.3) is 0 Å². The topological polar surface area (TPSA) is 84.5 Å². The molecule has 0 radical (unpaired) electrons. The Morgan fingerprint density at radius 3 is 2.46 bits per heavy atom. The summed E-state index contributed by atoms with van der Waals surface area (Å²) in [6, 6.07) is 9.89. The molecule has 2 rings (SSSR count). The van der Waals surface area contributed by atoms with Crippen molar-refractivity contribution in [2.75, 3.05) is 24.4 Å². The highest BCUT2D eigenvalue weighted by molar-refractivity contribution is 7.98. The first-order chi connectivity index (χ1) is 13.3. The largest absolute Gasteiger partial charge is 0.497 e. The van der Waals surface area contributed by atoms with Crippen molar-refractivity contribution in [3.05, 3.63) is 52.5 Å². The van der Waals surface area contributed by atoms with Crippen LogP contribution in [0, 0.1) is 0 Å². The van der Waals surface area contributed by atoms with Gasteiger partial charge in [0.2, 0.25) is 15.9 Å². The lowest BCUT2D eigenvalue weighted by atomic mass is 10.2. The van der Waals surface area contributed by atoms with E-state index in [1.165, 1.54) is 30.0 Å². The molecule has 1 amide bonds. The van der Waals surface area contributed by atoms with E-state index in [9.17, 15) is 13.2 Å². The second kappa shape index (κ2) is 10.4. The van der Waals surface area contributed by atoms with Crippen LogP contribution in [0.4, 0.5) is 5.69 Å². The van der Waals surface area contributed by atoms with Crippen LogP contribution in [0.25, 0.3) is 0 Å². The van der Waals surface area contributed by atoms with Gasteiger partial charge in [0.15, 0.2) is 0 Å². The summed E-state index contributed by atoms with van der Waals surface area (Å²) < 4.78 is 33.0. The quantitative estimate of drug-likeness (QED) is 0.587. The molecule has 2 N–H and O–H groups in total. The Morgan fingerprint density at radius 2 is 1.86 bits per heavy atom. The zero-order valence-corrected chi connectivity index (χ0v) is 18.4. The average Bonchev–Trinajstić information content (AvgIpc) is 2.67. The number of carbonyl (C=O) groups excluding carboxylic acids is 1. The maximum atomic E-state index is 12.8. The predicted molar refractivity (Wildman–Crippen MR) is 115 cm³/mol. The molecule has 0 aliphatic carbocycles. The van der Waals surface area contributed by atoms with E-state index in [0.717, 1.165) is 0 Å². The standard InChI is InChI=1S/C18H20Cl2N2O4S2/c1-26-14-6-4-13(5-7-14)21-18(23)16(9-10-27-2)22-28(24,25)17-11-12(19)3-8-15(17)20/h3-8,11,16,22H,9-10H2,1-2H3,(H,21,23). The summed E-state index contributed by atoms with van der Waals surface area (Å²) in [7, 11) is -2.50. The monoisotopic (exact) mass is 462 g/mol. The van der Waals surface area contributed by atoms with Gasteiger partial charge in [-0.15, -0.1) is 0 Å². The average molecular weight is 463 g/mol. The van der Waals surface area contributed by atoms with Crippen molar-refractivity contribution in [3.63, 3.8) is 0 Å². The summed E-state index contributed by atoms with van der Waals surface area (Å²) in [5, 5.41) is 2.97. The lowest BCUT2D eigenvalue weighted by molar-refractivity contribution is -0.117. The number of sulfonamides is 1. The number of amides is 1. The lowest BCUT2D eigenvalue weighted by Gasteiger charge is -2.19. The molecule has 0 aliphatic rings. The van der Waals surface area contributed by atoms with Crippen LogP contribution in [0.2, 0.25) is 10.0 Å². The highest BCUT2D eigenvalue weighted by atomic mass is 35.5. The van der Waals surface area contributed by atoms with Crippen LogP contribution in [-0.4, -0.2) is 39.5 Å². The number of rotatable bonds is 9. The number of ether oxygens (including phenoxy) is 1. The van der Waals surface area contributed by atoms with E-state index in [1.807, 2.05) is 6.26 Å². The van der Waals surface area contributed by atoms with Crippen molar-refractivity contribution >= 4 is 56.6 Å². The van der Waals surface area contributed by atoms with E-state index < -0.39 is 22.0 Å². The van der Waals surface area contributed by atoms with Crippen LogP contribution in [0.15, 0.2) is 47.4 Å². The van der Waals surface area contributed by atoms with Gasteiger partial charge in [-0.3, -0.25) is 4.79 Å². The first-order valence-electron chi connectivity index (χ1n) is 8.18. The highest BCUT2D eigenvalue weighted by Crippen LogP contribution is 2.25. The molecule has 2 aromatic carbocycles. The molecule has 1 unspecified atom stereocenters. The molecule has 0 spiro atoms. The molecule has 10 heteroatoms. The summed E-state index contributed by atoms with van der Waals surface area (Å²) >= 11 is 13.4. The second-order valence-electron chi connectivity index (χ2n) is 5.75. The molecule has 0 aromatic heterocycles. The van der Waals surface area contributed by atoms with E-state index >= 15 is 0 Å². The van der Waals surface area contributed by atoms with Gasteiger partial charge in [0.05, 0.1) is 12.1 Å². The van der Waals surface area contributed by atoms with Gasteiger partial charge in [0, 0.05) is 10.7 Å². The maximum Gasteiger partial charge on any atom is 0.242 e. The number of carbonyl (C=O) groups is 1. The third kappa shape index (κ3) is 6.28. The van der Waals surface area contributed by atoms with E-state index in [2.05, 4.69) is 10.0 Å². The minimum atomic E-state index is -4.05. The van der Waals surface area contributed by atoms with Crippen LogP contribution in [0.1, 0.15) is 6.42 Å². The molecule has 152 valence electrons. The SMILES string of the molecule is COc1ccc(NC(=O)C(CCSC)NS(=O)(=O)c2cc(Cl)ccc2Cl)cc1. The Morgan fingerprint density at radius 1 is 1.18 bits per heavy atom. The zero-order chi connectivity index (χ0) is 20.7. The van der Waals surface area contributed by atoms with Gasteiger partial charge in [-0.2, -0.15) is 16.5 Å². The summed E-state index contributed by atoms with van der Waals surface area (Å²) in [6.45, 7) is 0. The van der Waals surface area contributed by atoms with Crippen LogP contribution < -0.4 is 14.8 Å². The van der Waals surface area contributed by atoms with Crippen molar-refractivity contribution in [2.45, 2.75) is 17.4 Å². The first kappa shape index (κ1) is 22.8. The van der Waals surface area contributed by atoms with E-state index in [1.54, 1.807) is 31.4 Å². The molecule has 0 heterocycles. The van der Waals surface area contributed by atoms with Gasteiger partial charge in [-0.25, -0.2) is 8.42 Å². The molecular weight excluding hydrogens is 443 g/mol. The van der Waals surface area contributed by atoms with Gasteiger partial charge in [-0.05, 0) is 60.9 Å². The highest BCUT2D eigenvalue weighted by Gasteiger charge is 2.27. The minimum absolute atomic E-state index is 0.0241. The fourth-order valence-electron chi connectivity index (χ4n) is 2.32. The molecule has 0 bridgehead atoms. The van der Waals surface area contributed by atoms with Gasteiger partial charge >= 0.3 is 0 Å². The number of hydrogen-bond donors (Lipinski definition) is 2.